The van der Waals surface area contributed by atoms with Crippen LogP contribution < -0.4 is 11.1 Å². The van der Waals surface area contributed by atoms with Crippen LogP contribution >= 0.6 is 15.9 Å². The van der Waals surface area contributed by atoms with E-state index in [1.54, 1.807) is 0 Å². The first-order valence-electron chi connectivity index (χ1n) is 5.29. The molecular weight excluding hydrogens is 302 g/mol. The van der Waals surface area contributed by atoms with Crippen molar-refractivity contribution in [3.63, 3.8) is 0 Å². The third-order valence-electron chi connectivity index (χ3n) is 2.42. The second-order valence-electron chi connectivity index (χ2n) is 3.84. The molecule has 2 rings (SSSR count). The summed E-state index contributed by atoms with van der Waals surface area (Å²) < 4.78 is 27.9. The van der Waals surface area contributed by atoms with Crippen molar-refractivity contribution in [1.29, 1.82) is 0 Å². The lowest BCUT2D eigenvalue weighted by Gasteiger charge is -2.09. The SMILES string of the molecule is Nc1cc(F)c(NCc2cccc(Br)c2)c(F)c1. The van der Waals surface area contributed by atoms with E-state index in [2.05, 4.69) is 21.2 Å². The van der Waals surface area contributed by atoms with Crippen LogP contribution in [0.2, 0.25) is 0 Å². The molecule has 0 saturated heterocycles. The zero-order valence-electron chi connectivity index (χ0n) is 9.38. The fourth-order valence-electron chi connectivity index (χ4n) is 1.60. The predicted octanol–water partition coefficient (Wildman–Crippen LogP) is 3.92. The Labute approximate surface area is 112 Å². The molecule has 2 aromatic carbocycles. The van der Waals surface area contributed by atoms with Crippen molar-refractivity contribution in [2.24, 2.45) is 0 Å². The molecule has 0 aliphatic carbocycles. The predicted molar refractivity (Wildman–Crippen MR) is 72.2 cm³/mol. The Balaban J connectivity index is 2.16. The molecule has 2 aromatic rings. The molecule has 0 bridgehead atoms. The van der Waals surface area contributed by atoms with Gasteiger partial charge in [0.2, 0.25) is 0 Å². The monoisotopic (exact) mass is 312 g/mol. The van der Waals surface area contributed by atoms with Crippen LogP contribution in [0.4, 0.5) is 20.2 Å². The number of hydrogen-bond donors (Lipinski definition) is 2. The quantitative estimate of drug-likeness (QED) is 0.843. The first-order valence-corrected chi connectivity index (χ1v) is 6.08. The molecule has 0 aliphatic rings. The molecule has 0 amide bonds. The Morgan fingerprint density at radius 1 is 1.11 bits per heavy atom. The normalized spacial score (nSPS) is 10.4. The molecule has 2 nitrogen and oxygen atoms in total. The maximum absolute atomic E-state index is 13.5. The topological polar surface area (TPSA) is 38.0 Å². The lowest BCUT2D eigenvalue weighted by atomic mass is 10.2. The molecule has 94 valence electrons. The van der Waals surface area contributed by atoms with Gasteiger partial charge in [-0.15, -0.1) is 0 Å². The Morgan fingerprint density at radius 2 is 1.78 bits per heavy atom. The maximum atomic E-state index is 13.5. The van der Waals surface area contributed by atoms with Crippen molar-refractivity contribution in [2.45, 2.75) is 6.54 Å². The molecule has 3 N–H and O–H groups in total. The Kier molecular flexibility index (Phi) is 3.81. The number of benzene rings is 2. The van der Waals surface area contributed by atoms with Gasteiger partial charge in [-0.3, -0.25) is 0 Å². The van der Waals surface area contributed by atoms with Gasteiger partial charge in [-0.05, 0) is 29.8 Å². The zero-order valence-corrected chi connectivity index (χ0v) is 11.0. The number of hydrogen-bond acceptors (Lipinski definition) is 2. The van der Waals surface area contributed by atoms with Crippen molar-refractivity contribution in [3.05, 3.63) is 58.1 Å². The number of anilines is 2. The molecule has 18 heavy (non-hydrogen) atoms. The van der Waals surface area contributed by atoms with E-state index in [4.69, 9.17) is 5.73 Å². The van der Waals surface area contributed by atoms with Crippen molar-refractivity contribution >= 4 is 27.3 Å². The summed E-state index contributed by atoms with van der Waals surface area (Å²) in [6.45, 7) is 0.331. The van der Waals surface area contributed by atoms with Gasteiger partial charge in [0, 0.05) is 16.7 Å². The largest absolute Gasteiger partial charge is 0.399 e. The summed E-state index contributed by atoms with van der Waals surface area (Å²) in [7, 11) is 0. The van der Waals surface area contributed by atoms with Gasteiger partial charge in [0.25, 0.3) is 0 Å². The van der Waals surface area contributed by atoms with Gasteiger partial charge in [0.15, 0.2) is 11.6 Å². The molecular formula is C13H11BrF2N2. The van der Waals surface area contributed by atoms with Crippen LogP contribution in [0, 0.1) is 11.6 Å². The Hall–Kier alpha value is -1.62. The minimum atomic E-state index is -0.692. The van der Waals surface area contributed by atoms with E-state index in [0.717, 1.165) is 22.2 Å². The van der Waals surface area contributed by atoms with E-state index >= 15 is 0 Å². The molecule has 0 aliphatic heterocycles. The van der Waals surface area contributed by atoms with Crippen LogP contribution in [0.15, 0.2) is 40.9 Å². The second kappa shape index (κ2) is 5.35. The van der Waals surface area contributed by atoms with Crippen LogP contribution in [-0.4, -0.2) is 0 Å². The van der Waals surface area contributed by atoms with Crippen LogP contribution in [0.25, 0.3) is 0 Å². The molecule has 0 unspecified atom stereocenters. The summed E-state index contributed by atoms with van der Waals surface area (Å²) in [5, 5.41) is 2.73. The fourth-order valence-corrected chi connectivity index (χ4v) is 2.05. The molecule has 0 spiro atoms. The Morgan fingerprint density at radius 3 is 2.39 bits per heavy atom. The van der Waals surface area contributed by atoms with Crippen LogP contribution in [0.1, 0.15) is 5.56 Å². The van der Waals surface area contributed by atoms with Crippen molar-refractivity contribution in [3.8, 4) is 0 Å². The molecule has 0 aromatic heterocycles. The van der Waals surface area contributed by atoms with Crippen LogP contribution in [0.5, 0.6) is 0 Å². The second-order valence-corrected chi connectivity index (χ2v) is 4.76. The van der Waals surface area contributed by atoms with Gasteiger partial charge < -0.3 is 11.1 Å². The number of nitrogens with two attached hydrogens (primary N) is 1. The molecule has 0 radical (unpaired) electrons. The highest BCUT2D eigenvalue weighted by atomic mass is 79.9. The average molecular weight is 313 g/mol. The van der Waals surface area contributed by atoms with Gasteiger partial charge >= 0.3 is 0 Å². The first kappa shape index (κ1) is 12.8. The lowest BCUT2D eigenvalue weighted by molar-refractivity contribution is 0.589. The third kappa shape index (κ3) is 2.98. The van der Waals surface area contributed by atoms with Crippen LogP contribution in [-0.2, 0) is 6.54 Å². The number of rotatable bonds is 3. The molecule has 0 heterocycles. The van der Waals surface area contributed by atoms with Crippen molar-refractivity contribution in [2.75, 3.05) is 11.1 Å². The van der Waals surface area contributed by atoms with Gasteiger partial charge in [0.1, 0.15) is 5.69 Å². The fraction of sp³-hybridized carbons (Fsp3) is 0.0769. The number of nitrogen functional groups attached to an aromatic ring is 1. The van der Waals surface area contributed by atoms with Crippen molar-refractivity contribution < 1.29 is 8.78 Å². The van der Waals surface area contributed by atoms with E-state index in [1.807, 2.05) is 24.3 Å². The zero-order chi connectivity index (χ0) is 13.1. The molecule has 0 atom stereocenters. The molecule has 0 fully saturated rings. The summed E-state index contributed by atoms with van der Waals surface area (Å²) >= 11 is 3.33. The van der Waals surface area contributed by atoms with E-state index < -0.39 is 11.6 Å². The smallest absolute Gasteiger partial charge is 0.151 e. The molecule has 5 heteroatoms. The summed E-state index contributed by atoms with van der Waals surface area (Å²) in [6.07, 6.45) is 0. The molecule has 0 saturated carbocycles. The van der Waals surface area contributed by atoms with Gasteiger partial charge in [-0.2, -0.15) is 0 Å². The van der Waals surface area contributed by atoms with E-state index in [9.17, 15) is 8.78 Å². The van der Waals surface area contributed by atoms with E-state index in [1.165, 1.54) is 0 Å². The number of nitrogens with one attached hydrogen (secondary N) is 1. The Bertz CT molecular complexity index is 550. The summed E-state index contributed by atoms with van der Waals surface area (Å²) in [6, 6.07) is 9.66. The standard InChI is InChI=1S/C13H11BrF2N2/c14-9-3-1-2-8(4-9)7-18-13-11(15)5-10(17)6-12(13)16/h1-6,18H,7,17H2. The van der Waals surface area contributed by atoms with E-state index in [0.29, 0.717) is 6.54 Å². The maximum Gasteiger partial charge on any atom is 0.151 e. The van der Waals surface area contributed by atoms with E-state index in [-0.39, 0.29) is 11.4 Å². The first-order chi connectivity index (χ1) is 8.56. The van der Waals surface area contributed by atoms with Crippen LogP contribution in [0.3, 0.4) is 0 Å². The van der Waals surface area contributed by atoms with Gasteiger partial charge in [-0.25, -0.2) is 8.78 Å². The van der Waals surface area contributed by atoms with Gasteiger partial charge in [-0.1, -0.05) is 28.1 Å². The van der Waals surface area contributed by atoms with Crippen molar-refractivity contribution in [1.82, 2.24) is 0 Å². The minimum Gasteiger partial charge on any atom is -0.399 e. The highest BCUT2D eigenvalue weighted by molar-refractivity contribution is 9.10. The average Bonchev–Trinajstić information content (AvgIpc) is 2.27. The third-order valence-corrected chi connectivity index (χ3v) is 2.92. The highest BCUT2D eigenvalue weighted by Crippen LogP contribution is 2.22. The summed E-state index contributed by atoms with van der Waals surface area (Å²) in [5.41, 5.74) is 6.16. The number of halogens is 3. The summed E-state index contributed by atoms with van der Waals surface area (Å²) in [5.74, 6) is -1.38. The summed E-state index contributed by atoms with van der Waals surface area (Å²) in [4.78, 5) is 0. The minimum absolute atomic E-state index is 0.0676. The highest BCUT2D eigenvalue weighted by Gasteiger charge is 2.09. The van der Waals surface area contributed by atoms with Gasteiger partial charge in [0.05, 0.1) is 0 Å². The lowest BCUT2D eigenvalue weighted by Crippen LogP contribution is -2.04.